The van der Waals surface area contributed by atoms with Crippen LogP contribution in [0.2, 0.25) is 0 Å². The SMILES string of the molecule is CC(CC(=O)NCc1ccc(N2CCCC2=O)cc1)c1ccccc1. The Morgan fingerprint density at radius 1 is 1.12 bits per heavy atom. The van der Waals surface area contributed by atoms with Crippen LogP contribution in [-0.2, 0) is 16.1 Å². The number of rotatable bonds is 6. The van der Waals surface area contributed by atoms with E-state index in [0.717, 1.165) is 24.2 Å². The van der Waals surface area contributed by atoms with Crippen molar-refractivity contribution >= 4 is 17.5 Å². The maximum Gasteiger partial charge on any atom is 0.227 e. The van der Waals surface area contributed by atoms with Gasteiger partial charge in [-0.2, -0.15) is 0 Å². The van der Waals surface area contributed by atoms with Gasteiger partial charge in [-0.25, -0.2) is 0 Å². The summed E-state index contributed by atoms with van der Waals surface area (Å²) in [5, 5.41) is 2.98. The molecule has 0 radical (unpaired) electrons. The summed E-state index contributed by atoms with van der Waals surface area (Å²) in [4.78, 5) is 25.7. The first-order valence-corrected chi connectivity index (χ1v) is 8.84. The predicted molar refractivity (Wildman–Crippen MR) is 99.3 cm³/mol. The Kier molecular flexibility index (Phi) is 5.49. The van der Waals surface area contributed by atoms with Crippen molar-refractivity contribution in [3.8, 4) is 0 Å². The van der Waals surface area contributed by atoms with E-state index in [0.29, 0.717) is 19.4 Å². The van der Waals surface area contributed by atoms with Crippen LogP contribution in [-0.4, -0.2) is 18.4 Å². The second-order valence-electron chi connectivity index (χ2n) is 6.61. The maximum absolute atomic E-state index is 12.2. The van der Waals surface area contributed by atoms with Crippen LogP contribution in [0.4, 0.5) is 5.69 Å². The van der Waals surface area contributed by atoms with Crippen molar-refractivity contribution in [3.05, 3.63) is 65.7 Å². The summed E-state index contributed by atoms with van der Waals surface area (Å²) in [6.45, 7) is 3.37. The molecular formula is C21H24N2O2. The number of carbonyl (C=O) groups excluding carboxylic acids is 2. The summed E-state index contributed by atoms with van der Waals surface area (Å²) in [5.74, 6) is 0.441. The van der Waals surface area contributed by atoms with Gasteiger partial charge in [0.15, 0.2) is 0 Å². The van der Waals surface area contributed by atoms with Crippen molar-refractivity contribution in [3.63, 3.8) is 0 Å². The first-order chi connectivity index (χ1) is 12.1. The molecule has 4 heteroatoms. The van der Waals surface area contributed by atoms with Crippen LogP contribution >= 0.6 is 0 Å². The Bertz CT molecular complexity index is 725. The van der Waals surface area contributed by atoms with E-state index in [1.807, 2.05) is 47.4 Å². The number of nitrogens with zero attached hydrogens (tertiary/aromatic N) is 1. The van der Waals surface area contributed by atoms with Gasteiger partial charge < -0.3 is 10.2 Å². The van der Waals surface area contributed by atoms with Crippen LogP contribution in [0.25, 0.3) is 0 Å². The second kappa shape index (κ2) is 7.97. The zero-order valence-electron chi connectivity index (χ0n) is 14.6. The molecule has 130 valence electrons. The average molecular weight is 336 g/mol. The number of hydrogen-bond donors (Lipinski definition) is 1. The lowest BCUT2D eigenvalue weighted by Crippen LogP contribution is -2.25. The molecular weight excluding hydrogens is 312 g/mol. The third-order valence-corrected chi connectivity index (χ3v) is 4.67. The number of carbonyl (C=O) groups is 2. The van der Waals surface area contributed by atoms with Crippen molar-refractivity contribution in [2.75, 3.05) is 11.4 Å². The molecule has 1 unspecified atom stereocenters. The molecule has 1 heterocycles. The number of nitrogens with one attached hydrogen (secondary N) is 1. The molecule has 2 aromatic carbocycles. The van der Waals surface area contributed by atoms with Crippen LogP contribution in [0.1, 0.15) is 43.2 Å². The molecule has 1 saturated heterocycles. The topological polar surface area (TPSA) is 49.4 Å². The van der Waals surface area contributed by atoms with E-state index in [1.54, 1.807) is 0 Å². The molecule has 0 saturated carbocycles. The summed E-state index contributed by atoms with van der Waals surface area (Å²) < 4.78 is 0. The third-order valence-electron chi connectivity index (χ3n) is 4.67. The second-order valence-corrected chi connectivity index (χ2v) is 6.61. The molecule has 1 fully saturated rings. The Morgan fingerprint density at radius 2 is 1.84 bits per heavy atom. The van der Waals surface area contributed by atoms with E-state index in [4.69, 9.17) is 0 Å². The zero-order valence-corrected chi connectivity index (χ0v) is 14.6. The average Bonchev–Trinajstić information content (AvgIpc) is 3.07. The maximum atomic E-state index is 12.2. The standard InChI is InChI=1S/C21H24N2O2/c1-16(18-6-3-2-4-7-18)14-20(24)22-15-17-9-11-19(12-10-17)23-13-5-8-21(23)25/h2-4,6-7,9-12,16H,5,8,13-15H2,1H3,(H,22,24). The Hall–Kier alpha value is -2.62. The lowest BCUT2D eigenvalue weighted by molar-refractivity contribution is -0.121. The molecule has 0 aromatic heterocycles. The zero-order chi connectivity index (χ0) is 17.6. The van der Waals surface area contributed by atoms with Crippen LogP contribution < -0.4 is 10.2 Å². The van der Waals surface area contributed by atoms with Crippen LogP contribution in [0, 0.1) is 0 Å². The Balaban J connectivity index is 1.49. The fraction of sp³-hybridized carbons (Fsp3) is 0.333. The van der Waals surface area contributed by atoms with Gasteiger partial charge in [-0.05, 0) is 35.6 Å². The van der Waals surface area contributed by atoms with Gasteiger partial charge in [0.2, 0.25) is 11.8 Å². The fourth-order valence-corrected chi connectivity index (χ4v) is 3.17. The van der Waals surface area contributed by atoms with Crippen LogP contribution in [0.5, 0.6) is 0 Å². The van der Waals surface area contributed by atoms with Crippen molar-refractivity contribution < 1.29 is 9.59 Å². The van der Waals surface area contributed by atoms with Crippen molar-refractivity contribution in [1.82, 2.24) is 5.32 Å². The first kappa shape index (κ1) is 17.2. The molecule has 1 N–H and O–H groups in total. The molecule has 2 aromatic rings. The van der Waals surface area contributed by atoms with Crippen LogP contribution in [0.3, 0.4) is 0 Å². The molecule has 3 rings (SSSR count). The molecule has 25 heavy (non-hydrogen) atoms. The smallest absolute Gasteiger partial charge is 0.227 e. The minimum Gasteiger partial charge on any atom is -0.352 e. The molecule has 2 amide bonds. The monoisotopic (exact) mass is 336 g/mol. The lowest BCUT2D eigenvalue weighted by Gasteiger charge is -2.16. The van der Waals surface area contributed by atoms with Gasteiger partial charge in [-0.1, -0.05) is 49.4 Å². The van der Waals surface area contributed by atoms with Gasteiger partial charge in [-0.3, -0.25) is 9.59 Å². The van der Waals surface area contributed by atoms with Gasteiger partial charge in [0.1, 0.15) is 0 Å². The predicted octanol–water partition coefficient (Wildman–Crippen LogP) is 3.62. The lowest BCUT2D eigenvalue weighted by atomic mass is 9.97. The summed E-state index contributed by atoms with van der Waals surface area (Å²) in [7, 11) is 0. The first-order valence-electron chi connectivity index (χ1n) is 8.84. The van der Waals surface area contributed by atoms with Crippen molar-refractivity contribution in [2.45, 2.75) is 38.6 Å². The highest BCUT2D eigenvalue weighted by atomic mass is 16.2. The number of amides is 2. The van der Waals surface area contributed by atoms with Gasteiger partial charge in [0, 0.05) is 31.6 Å². The van der Waals surface area contributed by atoms with Gasteiger partial charge in [0.05, 0.1) is 0 Å². The van der Waals surface area contributed by atoms with E-state index >= 15 is 0 Å². The molecule has 0 bridgehead atoms. The molecule has 1 atom stereocenters. The van der Waals surface area contributed by atoms with Crippen molar-refractivity contribution in [1.29, 1.82) is 0 Å². The highest BCUT2D eigenvalue weighted by Gasteiger charge is 2.21. The molecule has 1 aliphatic heterocycles. The van der Waals surface area contributed by atoms with Crippen molar-refractivity contribution in [2.24, 2.45) is 0 Å². The summed E-state index contributed by atoms with van der Waals surface area (Å²) in [6, 6.07) is 17.9. The number of hydrogen-bond acceptors (Lipinski definition) is 2. The quantitative estimate of drug-likeness (QED) is 0.876. The summed E-state index contributed by atoms with van der Waals surface area (Å²) in [5.41, 5.74) is 3.16. The van der Waals surface area contributed by atoms with Gasteiger partial charge >= 0.3 is 0 Å². The van der Waals surface area contributed by atoms with E-state index in [-0.39, 0.29) is 17.7 Å². The van der Waals surface area contributed by atoms with Gasteiger partial charge in [0.25, 0.3) is 0 Å². The summed E-state index contributed by atoms with van der Waals surface area (Å²) in [6.07, 6.45) is 2.04. The normalized spacial score (nSPS) is 15.2. The minimum absolute atomic E-state index is 0.0511. The van der Waals surface area contributed by atoms with E-state index in [2.05, 4.69) is 24.4 Å². The van der Waals surface area contributed by atoms with Gasteiger partial charge in [-0.15, -0.1) is 0 Å². The summed E-state index contributed by atoms with van der Waals surface area (Å²) >= 11 is 0. The van der Waals surface area contributed by atoms with E-state index < -0.39 is 0 Å². The minimum atomic E-state index is 0.0511. The Labute approximate surface area is 148 Å². The molecule has 4 nitrogen and oxygen atoms in total. The van der Waals surface area contributed by atoms with Crippen LogP contribution in [0.15, 0.2) is 54.6 Å². The van der Waals surface area contributed by atoms with E-state index in [1.165, 1.54) is 5.56 Å². The Morgan fingerprint density at radius 3 is 2.48 bits per heavy atom. The largest absolute Gasteiger partial charge is 0.352 e. The van der Waals surface area contributed by atoms with E-state index in [9.17, 15) is 9.59 Å². The molecule has 0 spiro atoms. The number of anilines is 1. The third kappa shape index (κ3) is 4.47. The highest BCUT2D eigenvalue weighted by molar-refractivity contribution is 5.95. The molecule has 1 aliphatic rings. The fourth-order valence-electron chi connectivity index (χ4n) is 3.17. The number of benzene rings is 2. The molecule has 0 aliphatic carbocycles. The highest BCUT2D eigenvalue weighted by Crippen LogP contribution is 2.22.